The number of aliphatic hydroxyl groups excluding tert-OH is 1. The summed E-state index contributed by atoms with van der Waals surface area (Å²) >= 11 is 0. The van der Waals surface area contributed by atoms with Crippen LogP contribution in [0.1, 0.15) is 15.9 Å². The van der Waals surface area contributed by atoms with Gasteiger partial charge in [-0.2, -0.15) is 0 Å². The minimum Gasteiger partial charge on any atom is -0.392 e. The molecule has 0 aliphatic rings. The molecule has 0 saturated carbocycles. The van der Waals surface area contributed by atoms with Gasteiger partial charge >= 0.3 is 0 Å². The van der Waals surface area contributed by atoms with Crippen LogP contribution in [-0.2, 0) is 6.61 Å². The van der Waals surface area contributed by atoms with Gasteiger partial charge in [0.15, 0.2) is 0 Å². The number of hydrogen-bond acceptors (Lipinski definition) is 2. The second-order valence-corrected chi connectivity index (χ2v) is 2.55. The lowest BCUT2D eigenvalue weighted by Crippen LogP contribution is -2.19. The quantitative estimate of drug-likeness (QED) is 0.708. The van der Waals surface area contributed by atoms with E-state index in [1.165, 1.54) is 19.2 Å². The predicted molar refractivity (Wildman–Crippen MR) is 45.7 cm³/mol. The SMILES string of the molecule is CNC(=O)c1ccc(CO)cc1F. The molecule has 0 spiro atoms. The molecule has 0 unspecified atom stereocenters. The van der Waals surface area contributed by atoms with Gasteiger partial charge in [0, 0.05) is 7.05 Å². The van der Waals surface area contributed by atoms with Crippen LogP contribution in [0.15, 0.2) is 18.2 Å². The number of aliphatic hydroxyl groups is 1. The summed E-state index contributed by atoms with van der Waals surface area (Å²) in [6, 6.07) is 4.00. The number of nitrogens with one attached hydrogen (secondary N) is 1. The molecule has 2 N–H and O–H groups in total. The van der Waals surface area contributed by atoms with Crippen molar-refractivity contribution >= 4 is 5.91 Å². The fourth-order valence-electron chi connectivity index (χ4n) is 0.976. The Morgan fingerprint density at radius 2 is 2.31 bits per heavy atom. The number of benzene rings is 1. The summed E-state index contributed by atoms with van der Waals surface area (Å²) in [6.07, 6.45) is 0. The number of halogens is 1. The summed E-state index contributed by atoms with van der Waals surface area (Å²) in [6.45, 7) is -0.231. The van der Waals surface area contributed by atoms with Crippen molar-refractivity contribution in [2.45, 2.75) is 6.61 Å². The highest BCUT2D eigenvalue weighted by Gasteiger charge is 2.09. The zero-order valence-electron chi connectivity index (χ0n) is 7.17. The average Bonchev–Trinajstić information content (AvgIpc) is 2.16. The van der Waals surface area contributed by atoms with Crippen molar-refractivity contribution in [2.24, 2.45) is 0 Å². The summed E-state index contributed by atoms with van der Waals surface area (Å²) in [7, 11) is 1.43. The first kappa shape index (κ1) is 9.67. The molecular weight excluding hydrogens is 173 g/mol. The van der Waals surface area contributed by atoms with E-state index in [2.05, 4.69) is 5.32 Å². The van der Waals surface area contributed by atoms with E-state index in [4.69, 9.17) is 5.11 Å². The number of carbonyl (C=O) groups is 1. The van der Waals surface area contributed by atoms with E-state index in [0.717, 1.165) is 6.07 Å². The topological polar surface area (TPSA) is 49.3 Å². The van der Waals surface area contributed by atoms with E-state index in [1.807, 2.05) is 0 Å². The molecule has 0 heterocycles. The summed E-state index contributed by atoms with van der Waals surface area (Å²) in [5.41, 5.74) is 0.435. The van der Waals surface area contributed by atoms with Crippen LogP contribution in [-0.4, -0.2) is 18.1 Å². The molecule has 0 atom stereocenters. The van der Waals surface area contributed by atoms with Crippen molar-refractivity contribution in [3.63, 3.8) is 0 Å². The molecule has 0 fully saturated rings. The zero-order chi connectivity index (χ0) is 9.84. The first-order valence-corrected chi connectivity index (χ1v) is 3.80. The highest BCUT2D eigenvalue weighted by atomic mass is 19.1. The molecule has 1 aromatic rings. The predicted octanol–water partition coefficient (Wildman–Crippen LogP) is 0.678. The molecule has 0 aromatic heterocycles. The van der Waals surface area contributed by atoms with Crippen molar-refractivity contribution in [1.82, 2.24) is 5.32 Å². The van der Waals surface area contributed by atoms with Crippen LogP contribution in [0, 0.1) is 5.82 Å². The maximum atomic E-state index is 13.1. The lowest BCUT2D eigenvalue weighted by atomic mass is 10.1. The molecule has 13 heavy (non-hydrogen) atoms. The molecule has 0 aliphatic carbocycles. The molecule has 3 nitrogen and oxygen atoms in total. The van der Waals surface area contributed by atoms with Gasteiger partial charge in [0.1, 0.15) is 5.82 Å². The molecule has 0 radical (unpaired) electrons. The van der Waals surface area contributed by atoms with Gasteiger partial charge in [-0.15, -0.1) is 0 Å². The minimum atomic E-state index is -0.620. The third-order valence-electron chi connectivity index (χ3n) is 1.69. The normalized spacial score (nSPS) is 9.77. The standard InChI is InChI=1S/C9H10FNO2/c1-11-9(13)7-3-2-6(5-12)4-8(7)10/h2-4,12H,5H2,1H3,(H,11,13). The third-order valence-corrected chi connectivity index (χ3v) is 1.69. The van der Waals surface area contributed by atoms with Crippen LogP contribution in [0.3, 0.4) is 0 Å². The van der Waals surface area contributed by atoms with Gasteiger partial charge < -0.3 is 10.4 Å². The van der Waals surface area contributed by atoms with Crippen molar-refractivity contribution in [3.05, 3.63) is 35.1 Å². The van der Waals surface area contributed by atoms with Crippen LogP contribution in [0.5, 0.6) is 0 Å². The van der Waals surface area contributed by atoms with Gasteiger partial charge in [0.25, 0.3) is 5.91 Å². The van der Waals surface area contributed by atoms with Crippen LogP contribution in [0.2, 0.25) is 0 Å². The van der Waals surface area contributed by atoms with Gasteiger partial charge in [-0.25, -0.2) is 4.39 Å². The van der Waals surface area contributed by atoms with E-state index in [9.17, 15) is 9.18 Å². The van der Waals surface area contributed by atoms with Crippen LogP contribution >= 0.6 is 0 Å². The molecule has 1 amide bonds. The fourth-order valence-corrected chi connectivity index (χ4v) is 0.976. The highest BCUT2D eigenvalue weighted by Crippen LogP contribution is 2.10. The number of carbonyl (C=O) groups excluding carboxylic acids is 1. The zero-order valence-corrected chi connectivity index (χ0v) is 7.17. The second-order valence-electron chi connectivity index (χ2n) is 2.55. The van der Waals surface area contributed by atoms with Crippen LogP contribution in [0.25, 0.3) is 0 Å². The first-order valence-electron chi connectivity index (χ1n) is 3.80. The van der Waals surface area contributed by atoms with Crippen LogP contribution < -0.4 is 5.32 Å². The Morgan fingerprint density at radius 1 is 1.62 bits per heavy atom. The lowest BCUT2D eigenvalue weighted by Gasteiger charge is -2.02. The Kier molecular flexibility index (Phi) is 2.97. The van der Waals surface area contributed by atoms with E-state index in [1.54, 1.807) is 0 Å². The van der Waals surface area contributed by atoms with E-state index in [-0.39, 0.29) is 12.2 Å². The van der Waals surface area contributed by atoms with Gasteiger partial charge in [-0.1, -0.05) is 6.07 Å². The minimum absolute atomic E-state index is 0.0142. The molecule has 4 heteroatoms. The molecule has 1 rings (SSSR count). The Balaban J connectivity index is 3.05. The Bertz CT molecular complexity index is 325. The number of hydrogen-bond donors (Lipinski definition) is 2. The smallest absolute Gasteiger partial charge is 0.253 e. The van der Waals surface area contributed by atoms with E-state index in [0.29, 0.717) is 5.56 Å². The lowest BCUT2D eigenvalue weighted by molar-refractivity contribution is 0.0959. The summed E-state index contributed by atoms with van der Waals surface area (Å²) in [4.78, 5) is 11.0. The Labute approximate surface area is 75.2 Å². The highest BCUT2D eigenvalue weighted by molar-refractivity contribution is 5.94. The molecule has 0 bridgehead atoms. The van der Waals surface area contributed by atoms with E-state index >= 15 is 0 Å². The average molecular weight is 183 g/mol. The van der Waals surface area contributed by atoms with Gasteiger partial charge in [-0.05, 0) is 17.7 Å². The Hall–Kier alpha value is -1.42. The van der Waals surface area contributed by atoms with Crippen LogP contribution in [0.4, 0.5) is 4.39 Å². The summed E-state index contributed by atoms with van der Waals surface area (Å²) in [5.74, 6) is -1.09. The maximum absolute atomic E-state index is 13.1. The van der Waals surface area contributed by atoms with Gasteiger partial charge in [-0.3, -0.25) is 4.79 Å². The van der Waals surface area contributed by atoms with Crippen molar-refractivity contribution in [1.29, 1.82) is 0 Å². The van der Waals surface area contributed by atoms with Gasteiger partial charge in [0.05, 0.1) is 12.2 Å². The molecule has 70 valence electrons. The number of amides is 1. The van der Waals surface area contributed by atoms with Crippen molar-refractivity contribution in [2.75, 3.05) is 7.05 Å². The molecule has 1 aromatic carbocycles. The Morgan fingerprint density at radius 3 is 2.77 bits per heavy atom. The molecular formula is C9H10FNO2. The fraction of sp³-hybridized carbons (Fsp3) is 0.222. The summed E-state index contributed by atoms with van der Waals surface area (Å²) < 4.78 is 13.1. The monoisotopic (exact) mass is 183 g/mol. The largest absolute Gasteiger partial charge is 0.392 e. The van der Waals surface area contributed by atoms with E-state index < -0.39 is 11.7 Å². The maximum Gasteiger partial charge on any atom is 0.253 e. The van der Waals surface area contributed by atoms with Crippen molar-refractivity contribution in [3.8, 4) is 0 Å². The summed E-state index contributed by atoms with van der Waals surface area (Å²) in [5, 5.41) is 11.0. The molecule has 0 aliphatic heterocycles. The third kappa shape index (κ3) is 2.03. The van der Waals surface area contributed by atoms with Crippen molar-refractivity contribution < 1.29 is 14.3 Å². The van der Waals surface area contributed by atoms with Gasteiger partial charge in [0.2, 0.25) is 0 Å². The first-order chi connectivity index (χ1) is 6.19. The number of rotatable bonds is 2. The second kappa shape index (κ2) is 4.00. The molecule has 0 saturated heterocycles.